The maximum absolute atomic E-state index is 12.8. The number of nitrogens with zero attached hydrogens (tertiary/aromatic N) is 5. The van der Waals surface area contributed by atoms with Gasteiger partial charge in [0.2, 0.25) is 11.6 Å². The Morgan fingerprint density at radius 2 is 1.64 bits per heavy atom. The van der Waals surface area contributed by atoms with Crippen LogP contribution in [0.5, 0.6) is 0 Å². The second-order valence-corrected chi connectivity index (χ2v) is 7.07. The highest BCUT2D eigenvalue weighted by Gasteiger charge is 2.33. The second-order valence-electron chi connectivity index (χ2n) is 7.07. The molecule has 7 nitrogen and oxygen atoms in total. The van der Waals surface area contributed by atoms with Crippen LogP contribution >= 0.6 is 0 Å². The number of aromatic nitrogens is 3. The molecule has 2 aliphatic rings. The van der Waals surface area contributed by atoms with Gasteiger partial charge in [0.1, 0.15) is 17.1 Å². The van der Waals surface area contributed by atoms with Crippen LogP contribution in [0.25, 0.3) is 11.0 Å². The number of carbonyl (C=O) groups is 2. The summed E-state index contributed by atoms with van der Waals surface area (Å²) in [4.78, 5) is 43.4. The van der Waals surface area contributed by atoms with Crippen molar-refractivity contribution < 1.29 is 9.59 Å². The van der Waals surface area contributed by atoms with Crippen LogP contribution in [0, 0.1) is 0 Å². The summed E-state index contributed by atoms with van der Waals surface area (Å²) in [7, 11) is 0. The van der Waals surface area contributed by atoms with E-state index in [0.717, 1.165) is 38.4 Å². The molecule has 28 heavy (non-hydrogen) atoms. The smallest absolute Gasteiger partial charge is 0.232 e. The third-order valence-corrected chi connectivity index (χ3v) is 5.53. The fraction of sp³-hybridized carbons (Fsp3) is 0.286. The number of likely N-dealkylation sites (N-methyl/N-ethyl adjacent to an activating group) is 1. The van der Waals surface area contributed by atoms with Gasteiger partial charge in [-0.2, -0.15) is 0 Å². The maximum atomic E-state index is 12.8. The maximum Gasteiger partial charge on any atom is 0.232 e. The molecule has 3 heterocycles. The molecule has 3 aromatic rings. The Kier molecular flexibility index (Phi) is 3.91. The van der Waals surface area contributed by atoms with Crippen molar-refractivity contribution in [1.29, 1.82) is 0 Å². The molecule has 1 saturated heterocycles. The zero-order valence-electron chi connectivity index (χ0n) is 15.6. The summed E-state index contributed by atoms with van der Waals surface area (Å²) in [6, 6.07) is 9.09. The lowest BCUT2D eigenvalue weighted by molar-refractivity contribution is 0.0968. The first-order valence-corrected chi connectivity index (χ1v) is 9.49. The summed E-state index contributed by atoms with van der Waals surface area (Å²) in [5, 5.41) is 0. The van der Waals surface area contributed by atoms with Crippen LogP contribution in [0.3, 0.4) is 0 Å². The van der Waals surface area contributed by atoms with Gasteiger partial charge in [-0.25, -0.2) is 9.97 Å². The molecule has 0 amide bonds. The summed E-state index contributed by atoms with van der Waals surface area (Å²) in [6.07, 6.45) is 1.51. The van der Waals surface area contributed by atoms with Crippen LogP contribution in [-0.4, -0.2) is 64.1 Å². The van der Waals surface area contributed by atoms with E-state index in [1.807, 2.05) is 18.2 Å². The lowest BCUT2D eigenvalue weighted by Crippen LogP contribution is -2.46. The predicted molar refractivity (Wildman–Crippen MR) is 105 cm³/mol. The zero-order chi connectivity index (χ0) is 19.3. The minimum absolute atomic E-state index is 0.0941. The van der Waals surface area contributed by atoms with Gasteiger partial charge in [0.05, 0.1) is 16.6 Å². The minimum atomic E-state index is -0.346. The van der Waals surface area contributed by atoms with Crippen molar-refractivity contribution in [3.63, 3.8) is 0 Å². The first-order chi connectivity index (χ1) is 13.7. The molecule has 7 heteroatoms. The fourth-order valence-corrected chi connectivity index (χ4v) is 3.89. The fourth-order valence-electron chi connectivity index (χ4n) is 3.89. The normalized spacial score (nSPS) is 17.0. The van der Waals surface area contributed by atoms with E-state index in [2.05, 4.69) is 31.7 Å². The van der Waals surface area contributed by atoms with Crippen molar-refractivity contribution >= 4 is 28.3 Å². The van der Waals surface area contributed by atoms with Crippen LogP contribution in [0.4, 0.5) is 5.69 Å². The first-order valence-electron chi connectivity index (χ1n) is 9.49. The van der Waals surface area contributed by atoms with Gasteiger partial charge in [0.25, 0.3) is 0 Å². The van der Waals surface area contributed by atoms with Crippen LogP contribution < -0.4 is 4.90 Å². The molecular formula is C21H19N5O2. The van der Waals surface area contributed by atoms with Gasteiger partial charge in [-0.05, 0) is 36.9 Å². The highest BCUT2D eigenvalue weighted by molar-refractivity contribution is 6.26. The summed E-state index contributed by atoms with van der Waals surface area (Å²) >= 11 is 0. The molecule has 1 fully saturated rings. The Bertz CT molecular complexity index is 1120. The molecule has 0 radical (unpaired) electrons. The standard InChI is InChI=1S/C21H19N5O2/c1-2-25-8-10-26(11-9-25)13-5-6-15-16(12-13)24-19-18(23-15)20(27)14-4-3-7-22-17(14)21(19)28/h3-7,12H,2,8-11H2,1H3. The van der Waals surface area contributed by atoms with Crippen molar-refractivity contribution in [3.05, 3.63) is 59.2 Å². The van der Waals surface area contributed by atoms with Crippen molar-refractivity contribution in [1.82, 2.24) is 19.9 Å². The van der Waals surface area contributed by atoms with Crippen LogP contribution in [0.2, 0.25) is 0 Å². The van der Waals surface area contributed by atoms with Gasteiger partial charge < -0.3 is 9.80 Å². The van der Waals surface area contributed by atoms with E-state index in [9.17, 15) is 9.59 Å². The molecule has 0 atom stereocenters. The minimum Gasteiger partial charge on any atom is -0.369 e. The molecule has 140 valence electrons. The lowest BCUT2D eigenvalue weighted by atomic mass is 9.93. The molecule has 5 rings (SSSR count). The van der Waals surface area contributed by atoms with Crippen LogP contribution in [0.1, 0.15) is 39.2 Å². The van der Waals surface area contributed by atoms with Crippen molar-refractivity contribution in [3.8, 4) is 0 Å². The van der Waals surface area contributed by atoms with E-state index in [1.54, 1.807) is 12.1 Å². The number of benzene rings is 1. The molecule has 2 aromatic heterocycles. The molecular weight excluding hydrogens is 354 g/mol. The topological polar surface area (TPSA) is 79.3 Å². The third kappa shape index (κ3) is 2.58. The van der Waals surface area contributed by atoms with Gasteiger partial charge in [-0.3, -0.25) is 14.6 Å². The van der Waals surface area contributed by atoms with Gasteiger partial charge in [-0.15, -0.1) is 0 Å². The number of hydrogen-bond acceptors (Lipinski definition) is 7. The third-order valence-electron chi connectivity index (χ3n) is 5.53. The number of rotatable bonds is 2. The Morgan fingerprint density at radius 3 is 2.43 bits per heavy atom. The second kappa shape index (κ2) is 6.45. The van der Waals surface area contributed by atoms with E-state index < -0.39 is 0 Å². The van der Waals surface area contributed by atoms with Gasteiger partial charge >= 0.3 is 0 Å². The molecule has 1 aliphatic carbocycles. The largest absolute Gasteiger partial charge is 0.369 e. The van der Waals surface area contributed by atoms with Gasteiger partial charge in [0.15, 0.2) is 0 Å². The Hall–Kier alpha value is -3.19. The zero-order valence-corrected chi connectivity index (χ0v) is 15.6. The average Bonchev–Trinajstić information content (AvgIpc) is 2.76. The highest BCUT2D eigenvalue weighted by Crippen LogP contribution is 2.27. The number of anilines is 1. The molecule has 0 spiro atoms. The summed E-state index contributed by atoms with van der Waals surface area (Å²) < 4.78 is 0. The van der Waals surface area contributed by atoms with E-state index in [1.165, 1.54) is 6.20 Å². The van der Waals surface area contributed by atoms with Crippen LogP contribution in [0.15, 0.2) is 36.5 Å². The number of fused-ring (bicyclic) bond motifs is 3. The van der Waals surface area contributed by atoms with E-state index >= 15 is 0 Å². The van der Waals surface area contributed by atoms with E-state index in [4.69, 9.17) is 0 Å². The molecule has 0 bridgehead atoms. The molecule has 0 saturated carbocycles. The van der Waals surface area contributed by atoms with Gasteiger partial charge in [-0.1, -0.05) is 6.92 Å². The summed E-state index contributed by atoms with van der Waals surface area (Å²) in [5.74, 6) is -0.645. The summed E-state index contributed by atoms with van der Waals surface area (Å²) in [5.41, 5.74) is 2.95. The number of carbonyl (C=O) groups excluding carboxylic acids is 2. The lowest BCUT2D eigenvalue weighted by Gasteiger charge is -2.35. The van der Waals surface area contributed by atoms with E-state index in [-0.39, 0.29) is 28.6 Å². The highest BCUT2D eigenvalue weighted by atomic mass is 16.1. The number of pyridine rings is 1. The monoisotopic (exact) mass is 373 g/mol. The van der Waals surface area contributed by atoms with Crippen molar-refractivity contribution in [2.75, 3.05) is 37.6 Å². The number of hydrogen-bond donors (Lipinski definition) is 0. The average molecular weight is 373 g/mol. The Balaban J connectivity index is 1.56. The molecule has 0 unspecified atom stereocenters. The predicted octanol–water partition coefficient (Wildman–Crippen LogP) is 1.94. The van der Waals surface area contributed by atoms with Crippen LogP contribution in [-0.2, 0) is 0 Å². The van der Waals surface area contributed by atoms with Gasteiger partial charge in [0, 0.05) is 38.1 Å². The van der Waals surface area contributed by atoms with Crippen molar-refractivity contribution in [2.24, 2.45) is 0 Å². The van der Waals surface area contributed by atoms with E-state index in [0.29, 0.717) is 16.6 Å². The molecule has 1 aromatic carbocycles. The molecule has 1 aliphatic heterocycles. The first kappa shape index (κ1) is 16.9. The Labute approximate surface area is 162 Å². The van der Waals surface area contributed by atoms with Crippen molar-refractivity contribution in [2.45, 2.75) is 6.92 Å². The Morgan fingerprint density at radius 1 is 0.893 bits per heavy atom. The molecule has 0 N–H and O–H groups in total. The quantitative estimate of drug-likeness (QED) is 0.531. The number of ketones is 2. The summed E-state index contributed by atoms with van der Waals surface area (Å²) in [6.45, 7) is 7.20. The SMILES string of the molecule is CCN1CCN(c2ccc3nc4c(nc3c2)C(=O)c2ncccc2C4=O)CC1. The number of piperazine rings is 1.